The number of benzene rings is 1. The molecule has 1 amide bonds. The number of hydrogen-bond acceptors (Lipinski definition) is 4. The van der Waals surface area contributed by atoms with E-state index in [1.165, 1.54) is 0 Å². The Morgan fingerprint density at radius 3 is 2.80 bits per heavy atom. The average molecular weight is 400 g/mol. The van der Waals surface area contributed by atoms with Crippen molar-refractivity contribution in [2.24, 2.45) is 0 Å². The highest BCUT2D eigenvalue weighted by Gasteiger charge is 2.22. The summed E-state index contributed by atoms with van der Waals surface area (Å²) in [5.41, 5.74) is 4.99. The smallest absolute Gasteiger partial charge is 0.221 e. The van der Waals surface area contributed by atoms with Gasteiger partial charge in [-0.15, -0.1) is 0 Å². The Labute approximate surface area is 175 Å². The number of rotatable bonds is 7. The van der Waals surface area contributed by atoms with E-state index in [9.17, 15) is 4.79 Å². The summed E-state index contributed by atoms with van der Waals surface area (Å²) in [6, 6.07) is 15.7. The molecule has 3 heterocycles. The quantitative estimate of drug-likeness (QED) is 0.511. The third kappa shape index (κ3) is 4.17. The van der Waals surface area contributed by atoms with Crippen molar-refractivity contribution in [3.8, 4) is 5.75 Å². The summed E-state index contributed by atoms with van der Waals surface area (Å²) < 4.78 is 7.48. The van der Waals surface area contributed by atoms with Gasteiger partial charge in [0.1, 0.15) is 11.4 Å². The molecule has 3 aromatic heterocycles. The molecule has 1 aromatic carbocycles. The number of pyridine rings is 2. The maximum atomic E-state index is 12.9. The molecule has 1 N–H and O–H groups in total. The number of nitrogens with one attached hydrogen (secondary N) is 1. The molecule has 0 aliphatic heterocycles. The number of carbonyl (C=O) groups is 1. The average Bonchev–Trinajstić information content (AvgIpc) is 3.22. The molecule has 1 atom stereocenters. The van der Waals surface area contributed by atoms with Crippen molar-refractivity contribution >= 4 is 11.6 Å². The third-order valence-electron chi connectivity index (χ3n) is 5.24. The minimum Gasteiger partial charge on any atom is -0.497 e. The molecule has 1 unspecified atom stereocenters. The van der Waals surface area contributed by atoms with Crippen LogP contribution in [0.5, 0.6) is 5.75 Å². The Balaban J connectivity index is 1.65. The summed E-state index contributed by atoms with van der Waals surface area (Å²) in [5, 5.41) is 3.02. The van der Waals surface area contributed by atoms with Crippen LogP contribution in [0.15, 0.2) is 73.3 Å². The fraction of sp³-hybridized carbons (Fsp3) is 0.208. The zero-order valence-electron chi connectivity index (χ0n) is 17.1. The van der Waals surface area contributed by atoms with E-state index in [1.54, 1.807) is 19.5 Å². The minimum atomic E-state index is -0.158. The molecule has 0 spiro atoms. The SMILES string of the molecule is COc1cccc(C(CC(=O)NCc2ccncc2)c2cnc3c(C)cccn23)c1. The number of nitrogens with zero attached hydrogens (tertiary/aromatic N) is 3. The van der Waals surface area contributed by atoms with Crippen LogP contribution >= 0.6 is 0 Å². The molecule has 0 aliphatic rings. The van der Waals surface area contributed by atoms with Gasteiger partial charge in [0.2, 0.25) is 5.91 Å². The molecular weight excluding hydrogens is 376 g/mol. The number of ether oxygens (including phenoxy) is 1. The summed E-state index contributed by atoms with van der Waals surface area (Å²) in [6.45, 7) is 2.51. The van der Waals surface area contributed by atoms with Gasteiger partial charge in [0, 0.05) is 43.7 Å². The molecule has 0 bridgehead atoms. The molecule has 0 aliphatic carbocycles. The predicted molar refractivity (Wildman–Crippen MR) is 115 cm³/mol. The first kappa shape index (κ1) is 19.6. The second-order valence-electron chi connectivity index (χ2n) is 7.23. The molecular formula is C24H24N4O2. The maximum Gasteiger partial charge on any atom is 0.221 e. The monoisotopic (exact) mass is 400 g/mol. The molecule has 4 aromatic rings. The van der Waals surface area contributed by atoms with E-state index < -0.39 is 0 Å². The van der Waals surface area contributed by atoms with Gasteiger partial charge in [0.25, 0.3) is 0 Å². The largest absolute Gasteiger partial charge is 0.497 e. The highest BCUT2D eigenvalue weighted by atomic mass is 16.5. The lowest BCUT2D eigenvalue weighted by Crippen LogP contribution is -2.25. The summed E-state index contributed by atoms with van der Waals surface area (Å²) in [5.74, 6) is 0.580. The van der Waals surface area contributed by atoms with E-state index in [-0.39, 0.29) is 11.8 Å². The van der Waals surface area contributed by atoms with E-state index in [1.807, 2.05) is 67.8 Å². The Morgan fingerprint density at radius 1 is 1.17 bits per heavy atom. The van der Waals surface area contributed by atoms with Gasteiger partial charge in [-0.25, -0.2) is 4.98 Å². The molecule has 0 fully saturated rings. The Kier molecular flexibility index (Phi) is 5.75. The number of methoxy groups -OCH3 is 1. The van der Waals surface area contributed by atoms with Crippen molar-refractivity contribution in [3.63, 3.8) is 0 Å². The Bertz CT molecular complexity index is 1150. The zero-order valence-corrected chi connectivity index (χ0v) is 17.1. The lowest BCUT2D eigenvalue weighted by atomic mass is 9.92. The first-order valence-corrected chi connectivity index (χ1v) is 9.88. The standard InChI is InChI=1S/C24H24N4O2/c1-17-5-4-12-28-22(16-27-24(17)28)21(19-6-3-7-20(13-19)30-2)14-23(29)26-15-18-8-10-25-11-9-18/h3-13,16,21H,14-15H2,1-2H3,(H,26,29). The normalized spacial score (nSPS) is 11.9. The third-order valence-corrected chi connectivity index (χ3v) is 5.24. The van der Waals surface area contributed by atoms with Crippen molar-refractivity contribution in [2.45, 2.75) is 25.8 Å². The predicted octanol–water partition coefficient (Wildman–Crippen LogP) is 3.88. The van der Waals surface area contributed by atoms with Crippen molar-refractivity contribution in [1.29, 1.82) is 0 Å². The molecule has 0 saturated heterocycles. The molecule has 0 saturated carbocycles. The van der Waals surface area contributed by atoms with Crippen LogP contribution in [0.4, 0.5) is 0 Å². The molecule has 0 radical (unpaired) electrons. The van der Waals surface area contributed by atoms with Crippen LogP contribution in [0, 0.1) is 6.92 Å². The molecule has 4 rings (SSSR count). The molecule has 6 heteroatoms. The van der Waals surface area contributed by atoms with Gasteiger partial charge in [-0.1, -0.05) is 18.2 Å². The summed E-state index contributed by atoms with van der Waals surface area (Å²) in [7, 11) is 1.65. The van der Waals surface area contributed by atoms with Crippen molar-refractivity contribution < 1.29 is 9.53 Å². The lowest BCUT2D eigenvalue weighted by Gasteiger charge is -2.18. The van der Waals surface area contributed by atoms with Gasteiger partial charge in [-0.05, 0) is 53.9 Å². The van der Waals surface area contributed by atoms with Crippen molar-refractivity contribution in [1.82, 2.24) is 19.7 Å². The number of aromatic nitrogens is 3. The van der Waals surface area contributed by atoms with Gasteiger partial charge in [0.05, 0.1) is 12.8 Å². The first-order chi connectivity index (χ1) is 14.7. The van der Waals surface area contributed by atoms with Gasteiger partial charge >= 0.3 is 0 Å². The van der Waals surface area contributed by atoms with Crippen LogP contribution < -0.4 is 10.1 Å². The van der Waals surface area contributed by atoms with Crippen LogP contribution in [-0.4, -0.2) is 27.4 Å². The topological polar surface area (TPSA) is 68.5 Å². The van der Waals surface area contributed by atoms with E-state index >= 15 is 0 Å². The molecule has 30 heavy (non-hydrogen) atoms. The van der Waals surface area contributed by atoms with Crippen LogP contribution in [0.2, 0.25) is 0 Å². The second kappa shape index (κ2) is 8.78. The van der Waals surface area contributed by atoms with Crippen molar-refractivity contribution in [2.75, 3.05) is 7.11 Å². The second-order valence-corrected chi connectivity index (χ2v) is 7.23. The van der Waals surface area contributed by atoms with Crippen LogP contribution in [0.3, 0.4) is 0 Å². The fourth-order valence-corrected chi connectivity index (χ4v) is 3.64. The highest BCUT2D eigenvalue weighted by molar-refractivity contribution is 5.77. The number of fused-ring (bicyclic) bond motifs is 1. The van der Waals surface area contributed by atoms with Gasteiger partial charge in [0.15, 0.2) is 0 Å². The minimum absolute atomic E-state index is 0.0257. The Morgan fingerprint density at radius 2 is 2.00 bits per heavy atom. The zero-order chi connectivity index (χ0) is 20.9. The number of amides is 1. The van der Waals surface area contributed by atoms with Crippen LogP contribution in [0.1, 0.15) is 34.7 Å². The number of imidazole rings is 1. The van der Waals surface area contributed by atoms with Gasteiger partial charge in [-0.2, -0.15) is 0 Å². The van der Waals surface area contributed by atoms with Crippen LogP contribution in [0.25, 0.3) is 5.65 Å². The van der Waals surface area contributed by atoms with Crippen LogP contribution in [-0.2, 0) is 11.3 Å². The summed E-state index contributed by atoms with van der Waals surface area (Å²) in [4.78, 5) is 21.5. The first-order valence-electron chi connectivity index (χ1n) is 9.88. The molecule has 6 nitrogen and oxygen atoms in total. The van der Waals surface area contributed by atoms with Gasteiger partial charge < -0.3 is 14.5 Å². The summed E-state index contributed by atoms with van der Waals surface area (Å²) in [6.07, 6.45) is 7.61. The van der Waals surface area contributed by atoms with Crippen molar-refractivity contribution in [3.05, 3.63) is 95.7 Å². The number of hydrogen-bond donors (Lipinski definition) is 1. The number of aryl methyl sites for hydroxylation is 1. The van der Waals surface area contributed by atoms with E-state index in [2.05, 4.69) is 19.7 Å². The highest BCUT2D eigenvalue weighted by Crippen LogP contribution is 2.31. The summed E-state index contributed by atoms with van der Waals surface area (Å²) >= 11 is 0. The van der Waals surface area contributed by atoms with E-state index in [0.29, 0.717) is 13.0 Å². The fourth-order valence-electron chi connectivity index (χ4n) is 3.64. The Hall–Kier alpha value is -3.67. The van der Waals surface area contributed by atoms with E-state index in [4.69, 9.17) is 4.74 Å². The molecule has 152 valence electrons. The lowest BCUT2D eigenvalue weighted by molar-refractivity contribution is -0.121. The maximum absolute atomic E-state index is 12.9. The van der Waals surface area contributed by atoms with E-state index in [0.717, 1.165) is 33.8 Å². The van der Waals surface area contributed by atoms with Gasteiger partial charge in [-0.3, -0.25) is 9.78 Å². The number of carbonyl (C=O) groups excluding carboxylic acids is 1.